The van der Waals surface area contributed by atoms with Gasteiger partial charge in [-0.1, -0.05) is 17.7 Å². The molecular formula is C14H21BrCl2N2. The zero-order chi connectivity index (χ0) is 13.0. The van der Waals surface area contributed by atoms with Gasteiger partial charge in [-0.15, -0.1) is 12.4 Å². The quantitative estimate of drug-likeness (QED) is 0.865. The molecule has 0 saturated carbocycles. The Kier molecular flexibility index (Phi) is 7.70. The fourth-order valence-electron chi connectivity index (χ4n) is 2.50. The lowest BCUT2D eigenvalue weighted by Crippen LogP contribution is -2.31. The summed E-state index contributed by atoms with van der Waals surface area (Å²) in [5, 5.41) is 4.25. The average Bonchev–Trinajstić information content (AvgIpc) is 2.62. The van der Waals surface area contributed by atoms with Crippen LogP contribution in [-0.4, -0.2) is 31.1 Å². The van der Waals surface area contributed by atoms with Crippen molar-refractivity contribution in [3.8, 4) is 0 Å². The van der Waals surface area contributed by atoms with E-state index in [4.69, 9.17) is 11.6 Å². The molecule has 0 aromatic heterocycles. The molecule has 0 bridgehead atoms. The number of nitrogens with one attached hydrogen (secondary N) is 1. The number of hydrogen-bond acceptors (Lipinski definition) is 2. The molecule has 19 heavy (non-hydrogen) atoms. The molecule has 1 saturated heterocycles. The fourth-order valence-corrected chi connectivity index (χ4v) is 2.95. The molecule has 1 atom stereocenters. The number of nitrogens with zero attached hydrogens (tertiary/aromatic N) is 1. The van der Waals surface area contributed by atoms with Gasteiger partial charge in [-0.25, -0.2) is 0 Å². The maximum atomic E-state index is 6.13. The summed E-state index contributed by atoms with van der Waals surface area (Å²) in [6.45, 7) is 3.27. The molecule has 2 rings (SSSR count). The highest BCUT2D eigenvalue weighted by Crippen LogP contribution is 2.24. The van der Waals surface area contributed by atoms with Crippen LogP contribution in [0, 0.1) is 0 Å². The van der Waals surface area contributed by atoms with E-state index < -0.39 is 0 Å². The first kappa shape index (κ1) is 17.3. The van der Waals surface area contributed by atoms with E-state index in [-0.39, 0.29) is 12.4 Å². The van der Waals surface area contributed by atoms with Crippen molar-refractivity contribution in [2.24, 2.45) is 0 Å². The second-order valence-corrected chi connectivity index (χ2v) is 6.26. The monoisotopic (exact) mass is 366 g/mol. The van der Waals surface area contributed by atoms with Gasteiger partial charge in [0.2, 0.25) is 0 Å². The molecule has 1 unspecified atom stereocenters. The van der Waals surface area contributed by atoms with Gasteiger partial charge in [0, 0.05) is 17.1 Å². The highest BCUT2D eigenvalue weighted by atomic mass is 79.9. The van der Waals surface area contributed by atoms with Crippen molar-refractivity contribution >= 4 is 39.9 Å². The second-order valence-electron chi connectivity index (χ2n) is 5.00. The van der Waals surface area contributed by atoms with Gasteiger partial charge >= 0.3 is 0 Å². The molecule has 108 valence electrons. The minimum atomic E-state index is 0. The van der Waals surface area contributed by atoms with E-state index >= 15 is 0 Å². The highest BCUT2D eigenvalue weighted by molar-refractivity contribution is 9.10. The van der Waals surface area contributed by atoms with Gasteiger partial charge in [-0.3, -0.25) is 4.90 Å². The summed E-state index contributed by atoms with van der Waals surface area (Å²) in [6.07, 6.45) is 3.80. The molecule has 1 aromatic rings. The molecule has 0 aliphatic carbocycles. The van der Waals surface area contributed by atoms with E-state index in [2.05, 4.69) is 45.3 Å². The zero-order valence-electron chi connectivity index (χ0n) is 11.2. The van der Waals surface area contributed by atoms with Crippen LogP contribution in [0.25, 0.3) is 0 Å². The lowest BCUT2D eigenvalue weighted by molar-refractivity contribution is 0.216. The number of halogens is 3. The first-order valence-corrected chi connectivity index (χ1v) is 7.69. The number of benzene rings is 1. The van der Waals surface area contributed by atoms with Crippen molar-refractivity contribution in [3.63, 3.8) is 0 Å². The topological polar surface area (TPSA) is 15.3 Å². The number of hydrogen-bond donors (Lipinski definition) is 1. The molecule has 1 N–H and O–H groups in total. The van der Waals surface area contributed by atoms with Crippen LogP contribution in [-0.2, 0) is 6.54 Å². The SMILES string of the molecule is CN(Cc1ccc(Br)c(Cl)c1)C1CCCNCC1.Cl. The van der Waals surface area contributed by atoms with Gasteiger partial charge in [0.05, 0.1) is 5.02 Å². The Bertz CT molecular complexity index is 393. The molecule has 0 spiro atoms. The minimum Gasteiger partial charge on any atom is -0.317 e. The van der Waals surface area contributed by atoms with E-state index in [0.717, 1.165) is 29.1 Å². The molecule has 5 heteroatoms. The van der Waals surface area contributed by atoms with Crippen LogP contribution in [0.5, 0.6) is 0 Å². The summed E-state index contributed by atoms with van der Waals surface area (Å²) in [5.74, 6) is 0. The van der Waals surface area contributed by atoms with Gasteiger partial charge in [0.25, 0.3) is 0 Å². The normalized spacial score (nSPS) is 19.9. The predicted molar refractivity (Wildman–Crippen MR) is 88.4 cm³/mol. The van der Waals surface area contributed by atoms with E-state index in [0.29, 0.717) is 6.04 Å². The summed E-state index contributed by atoms with van der Waals surface area (Å²) in [6, 6.07) is 6.90. The second kappa shape index (κ2) is 8.48. The van der Waals surface area contributed by atoms with Gasteiger partial charge in [-0.05, 0) is 73.0 Å². The maximum Gasteiger partial charge on any atom is 0.0551 e. The summed E-state index contributed by atoms with van der Waals surface area (Å²) < 4.78 is 0.967. The van der Waals surface area contributed by atoms with Crippen molar-refractivity contribution in [3.05, 3.63) is 33.3 Å². The summed E-state index contributed by atoms with van der Waals surface area (Å²) in [4.78, 5) is 2.45. The summed E-state index contributed by atoms with van der Waals surface area (Å²) in [7, 11) is 2.21. The van der Waals surface area contributed by atoms with Crippen molar-refractivity contribution in [2.45, 2.75) is 31.8 Å². The van der Waals surface area contributed by atoms with Crippen LogP contribution in [0.2, 0.25) is 5.02 Å². The first-order chi connectivity index (χ1) is 8.66. The Morgan fingerprint density at radius 3 is 2.89 bits per heavy atom. The summed E-state index contributed by atoms with van der Waals surface area (Å²) in [5.41, 5.74) is 1.28. The summed E-state index contributed by atoms with van der Waals surface area (Å²) >= 11 is 9.56. The molecule has 0 radical (unpaired) electrons. The molecule has 1 heterocycles. The minimum absolute atomic E-state index is 0. The molecule has 1 aliphatic rings. The predicted octanol–water partition coefficient (Wildman–Crippen LogP) is 4.10. The average molecular weight is 368 g/mol. The van der Waals surface area contributed by atoms with Crippen LogP contribution in [0.3, 0.4) is 0 Å². The first-order valence-electron chi connectivity index (χ1n) is 6.51. The highest BCUT2D eigenvalue weighted by Gasteiger charge is 2.16. The third kappa shape index (κ3) is 5.24. The molecule has 1 aromatic carbocycles. The van der Waals surface area contributed by atoms with Gasteiger partial charge < -0.3 is 5.32 Å². The van der Waals surface area contributed by atoms with Crippen molar-refractivity contribution in [1.29, 1.82) is 0 Å². The molecule has 0 amide bonds. The van der Waals surface area contributed by atoms with Crippen molar-refractivity contribution < 1.29 is 0 Å². The largest absolute Gasteiger partial charge is 0.317 e. The van der Waals surface area contributed by atoms with Gasteiger partial charge in [0.1, 0.15) is 0 Å². The van der Waals surface area contributed by atoms with Crippen LogP contribution in [0.1, 0.15) is 24.8 Å². The van der Waals surface area contributed by atoms with E-state index in [1.807, 2.05) is 6.07 Å². The van der Waals surface area contributed by atoms with Crippen molar-refractivity contribution in [1.82, 2.24) is 10.2 Å². The Labute approximate surface area is 135 Å². The Morgan fingerprint density at radius 1 is 1.37 bits per heavy atom. The molecule has 1 fully saturated rings. The standard InChI is InChI=1S/C14H20BrClN2.ClH/c1-18(12-3-2-7-17-8-6-12)10-11-4-5-13(15)14(16)9-11;/h4-5,9,12,17H,2-3,6-8,10H2,1H3;1H. The van der Waals surface area contributed by atoms with E-state index in [1.165, 1.54) is 24.8 Å². The fraction of sp³-hybridized carbons (Fsp3) is 0.571. The van der Waals surface area contributed by atoms with Crippen LogP contribution in [0.4, 0.5) is 0 Å². The van der Waals surface area contributed by atoms with Crippen molar-refractivity contribution in [2.75, 3.05) is 20.1 Å². The Hall–Kier alpha value is 0.200. The zero-order valence-corrected chi connectivity index (χ0v) is 14.3. The van der Waals surface area contributed by atoms with E-state index in [9.17, 15) is 0 Å². The maximum absolute atomic E-state index is 6.13. The third-order valence-electron chi connectivity index (χ3n) is 3.58. The van der Waals surface area contributed by atoms with Gasteiger partial charge in [-0.2, -0.15) is 0 Å². The van der Waals surface area contributed by atoms with Crippen LogP contribution < -0.4 is 5.32 Å². The molecule has 2 nitrogen and oxygen atoms in total. The molecular weight excluding hydrogens is 347 g/mol. The third-order valence-corrected chi connectivity index (χ3v) is 4.82. The van der Waals surface area contributed by atoms with E-state index in [1.54, 1.807) is 0 Å². The van der Waals surface area contributed by atoms with Crippen LogP contribution in [0.15, 0.2) is 22.7 Å². The van der Waals surface area contributed by atoms with Gasteiger partial charge in [0.15, 0.2) is 0 Å². The smallest absolute Gasteiger partial charge is 0.0551 e. The Balaban J connectivity index is 0.00000180. The lowest BCUT2D eigenvalue weighted by Gasteiger charge is -2.27. The van der Waals surface area contributed by atoms with Crippen LogP contribution >= 0.6 is 39.9 Å². The molecule has 1 aliphatic heterocycles. The Morgan fingerprint density at radius 2 is 2.16 bits per heavy atom. The lowest BCUT2D eigenvalue weighted by atomic mass is 10.1. The number of rotatable bonds is 3.